The summed E-state index contributed by atoms with van der Waals surface area (Å²) < 4.78 is 0. The predicted molar refractivity (Wildman–Crippen MR) is 50.7 cm³/mol. The van der Waals surface area contributed by atoms with E-state index in [0.717, 1.165) is 25.7 Å². The molecule has 0 aromatic heterocycles. The summed E-state index contributed by atoms with van der Waals surface area (Å²) in [5, 5.41) is 17.7. The molecule has 0 atom stereocenters. The van der Waals surface area contributed by atoms with Crippen LogP contribution in [-0.2, 0) is 0 Å². The van der Waals surface area contributed by atoms with Crippen LogP contribution < -0.4 is 0 Å². The van der Waals surface area contributed by atoms with Crippen LogP contribution in [-0.4, -0.2) is 0 Å². The van der Waals surface area contributed by atoms with Crippen molar-refractivity contribution in [2.45, 2.75) is 32.1 Å². The van der Waals surface area contributed by atoms with Crippen LogP contribution in [0, 0.1) is 28.6 Å². The molecule has 1 aliphatic carbocycles. The number of rotatable bonds is 1. The lowest BCUT2D eigenvalue weighted by atomic mass is 9.88. The van der Waals surface area contributed by atoms with E-state index >= 15 is 0 Å². The highest BCUT2D eigenvalue weighted by molar-refractivity contribution is 6.30. The molecule has 0 heterocycles. The Hall–Kier alpha value is -0.990. The van der Waals surface area contributed by atoms with Gasteiger partial charge in [-0.25, -0.2) is 0 Å². The highest BCUT2D eigenvalue weighted by Gasteiger charge is 2.19. The average molecular weight is 195 g/mol. The number of halogens is 1. The van der Waals surface area contributed by atoms with Gasteiger partial charge in [0.1, 0.15) is 17.7 Å². The Morgan fingerprint density at radius 2 is 1.62 bits per heavy atom. The first-order valence-corrected chi connectivity index (χ1v) is 4.87. The van der Waals surface area contributed by atoms with Gasteiger partial charge in [-0.1, -0.05) is 30.9 Å². The Kier molecular flexibility index (Phi) is 3.80. The van der Waals surface area contributed by atoms with E-state index in [4.69, 9.17) is 22.1 Å². The van der Waals surface area contributed by atoms with E-state index in [1.54, 1.807) is 0 Å². The third kappa shape index (κ3) is 2.47. The van der Waals surface area contributed by atoms with E-state index in [1.165, 1.54) is 6.42 Å². The van der Waals surface area contributed by atoms with Crippen molar-refractivity contribution in [1.82, 2.24) is 0 Å². The summed E-state index contributed by atoms with van der Waals surface area (Å²) in [4.78, 5) is 0. The van der Waals surface area contributed by atoms with Crippen LogP contribution >= 0.6 is 11.6 Å². The highest BCUT2D eigenvalue weighted by Crippen LogP contribution is 2.33. The summed E-state index contributed by atoms with van der Waals surface area (Å²) in [5.41, 5.74) is 0.0913. The van der Waals surface area contributed by atoms with Crippen molar-refractivity contribution >= 4 is 11.6 Å². The molecule has 0 aromatic rings. The average Bonchev–Trinajstić information content (AvgIpc) is 2.21. The standard InChI is InChI=1S/C10H11ClN2/c11-10(9(6-12)7-13)8-4-2-1-3-5-8/h8H,1-5H2. The van der Waals surface area contributed by atoms with Gasteiger partial charge in [0.05, 0.1) is 0 Å². The van der Waals surface area contributed by atoms with Crippen molar-refractivity contribution in [3.8, 4) is 12.1 Å². The minimum Gasteiger partial charge on any atom is -0.192 e. The van der Waals surface area contributed by atoms with Crippen LogP contribution in [0.2, 0.25) is 0 Å². The number of nitrogens with zero attached hydrogens (tertiary/aromatic N) is 2. The fourth-order valence-electron chi connectivity index (χ4n) is 1.69. The molecule has 13 heavy (non-hydrogen) atoms. The van der Waals surface area contributed by atoms with Gasteiger partial charge in [-0.3, -0.25) is 0 Å². The Labute approximate surface area is 83.4 Å². The highest BCUT2D eigenvalue weighted by atomic mass is 35.5. The zero-order valence-corrected chi connectivity index (χ0v) is 8.14. The van der Waals surface area contributed by atoms with Crippen LogP contribution in [0.5, 0.6) is 0 Å². The van der Waals surface area contributed by atoms with Gasteiger partial charge in [0.15, 0.2) is 0 Å². The lowest BCUT2D eigenvalue weighted by molar-refractivity contribution is 0.413. The van der Waals surface area contributed by atoms with E-state index < -0.39 is 0 Å². The summed E-state index contributed by atoms with van der Waals surface area (Å²) in [6, 6.07) is 3.67. The van der Waals surface area contributed by atoms with Crippen molar-refractivity contribution < 1.29 is 0 Å². The maximum absolute atomic E-state index is 8.61. The Morgan fingerprint density at radius 1 is 1.08 bits per heavy atom. The minimum atomic E-state index is 0.0913. The fraction of sp³-hybridized carbons (Fsp3) is 0.600. The number of hydrogen-bond acceptors (Lipinski definition) is 2. The van der Waals surface area contributed by atoms with Crippen molar-refractivity contribution in [3.63, 3.8) is 0 Å². The molecule has 0 amide bonds. The predicted octanol–water partition coefficient (Wildman–Crippen LogP) is 3.11. The maximum Gasteiger partial charge on any atom is 0.144 e. The molecule has 1 aliphatic rings. The molecular weight excluding hydrogens is 184 g/mol. The molecule has 2 nitrogen and oxygen atoms in total. The second-order valence-electron chi connectivity index (χ2n) is 3.28. The van der Waals surface area contributed by atoms with Gasteiger partial charge in [-0.05, 0) is 18.8 Å². The van der Waals surface area contributed by atoms with Crippen LogP contribution in [0.1, 0.15) is 32.1 Å². The fourth-order valence-corrected chi connectivity index (χ4v) is 1.99. The molecule has 0 aliphatic heterocycles. The molecule has 3 heteroatoms. The van der Waals surface area contributed by atoms with E-state index in [2.05, 4.69) is 0 Å². The van der Waals surface area contributed by atoms with Crippen LogP contribution in [0.4, 0.5) is 0 Å². The van der Waals surface area contributed by atoms with Gasteiger partial charge in [0.2, 0.25) is 0 Å². The van der Waals surface area contributed by atoms with Gasteiger partial charge in [-0.2, -0.15) is 10.5 Å². The van der Waals surface area contributed by atoms with Crippen molar-refractivity contribution in [2.75, 3.05) is 0 Å². The molecule has 0 saturated heterocycles. The molecule has 0 N–H and O–H groups in total. The number of hydrogen-bond donors (Lipinski definition) is 0. The molecule has 0 radical (unpaired) electrons. The van der Waals surface area contributed by atoms with Gasteiger partial charge >= 0.3 is 0 Å². The molecule has 0 bridgehead atoms. The summed E-state index contributed by atoms with van der Waals surface area (Å²) in [6.45, 7) is 0. The third-order valence-electron chi connectivity index (χ3n) is 2.43. The first-order valence-electron chi connectivity index (χ1n) is 4.49. The SMILES string of the molecule is N#CC(C#N)=C(Cl)C1CCCCC1. The number of allylic oxidation sites excluding steroid dienone is 2. The van der Waals surface area contributed by atoms with Gasteiger partial charge in [0.25, 0.3) is 0 Å². The summed E-state index contributed by atoms with van der Waals surface area (Å²) in [7, 11) is 0. The van der Waals surface area contributed by atoms with Gasteiger partial charge < -0.3 is 0 Å². The van der Waals surface area contributed by atoms with Gasteiger partial charge in [-0.15, -0.1) is 0 Å². The molecule has 0 aromatic carbocycles. The first-order chi connectivity index (χ1) is 6.29. The Bertz CT molecular complexity index is 271. The van der Waals surface area contributed by atoms with Crippen LogP contribution in [0.3, 0.4) is 0 Å². The number of nitriles is 2. The molecule has 68 valence electrons. The monoisotopic (exact) mass is 194 g/mol. The molecular formula is C10H11ClN2. The summed E-state index contributed by atoms with van der Waals surface area (Å²) >= 11 is 5.96. The molecule has 1 saturated carbocycles. The van der Waals surface area contributed by atoms with E-state index in [1.807, 2.05) is 12.1 Å². The second kappa shape index (κ2) is 4.90. The minimum absolute atomic E-state index is 0.0913. The van der Waals surface area contributed by atoms with Crippen molar-refractivity contribution in [3.05, 3.63) is 10.6 Å². The van der Waals surface area contributed by atoms with E-state index in [-0.39, 0.29) is 11.5 Å². The lowest BCUT2D eigenvalue weighted by Crippen LogP contribution is -2.07. The van der Waals surface area contributed by atoms with Gasteiger partial charge in [0, 0.05) is 5.03 Å². The topological polar surface area (TPSA) is 47.6 Å². The smallest absolute Gasteiger partial charge is 0.144 e. The summed E-state index contributed by atoms with van der Waals surface area (Å²) in [5.74, 6) is 0.254. The van der Waals surface area contributed by atoms with E-state index in [0.29, 0.717) is 5.03 Å². The zero-order valence-electron chi connectivity index (χ0n) is 7.39. The quantitative estimate of drug-likeness (QED) is 0.603. The molecule has 0 unspecified atom stereocenters. The summed E-state index contributed by atoms with van der Waals surface area (Å²) in [6.07, 6.45) is 5.60. The van der Waals surface area contributed by atoms with Crippen LogP contribution in [0.25, 0.3) is 0 Å². The van der Waals surface area contributed by atoms with Crippen LogP contribution in [0.15, 0.2) is 10.6 Å². The lowest BCUT2D eigenvalue weighted by Gasteiger charge is -2.20. The van der Waals surface area contributed by atoms with E-state index in [9.17, 15) is 0 Å². The second-order valence-corrected chi connectivity index (χ2v) is 3.69. The zero-order chi connectivity index (χ0) is 9.68. The Balaban J connectivity index is 2.76. The Morgan fingerprint density at radius 3 is 2.08 bits per heavy atom. The maximum atomic E-state index is 8.61. The van der Waals surface area contributed by atoms with Crippen molar-refractivity contribution in [1.29, 1.82) is 10.5 Å². The largest absolute Gasteiger partial charge is 0.192 e. The molecule has 1 fully saturated rings. The third-order valence-corrected chi connectivity index (χ3v) is 2.92. The molecule has 0 spiro atoms. The van der Waals surface area contributed by atoms with Crippen molar-refractivity contribution in [2.24, 2.45) is 5.92 Å². The first kappa shape index (κ1) is 10.1. The normalized spacial score (nSPS) is 17.2. The molecule has 1 rings (SSSR count).